The first-order valence-electron chi connectivity index (χ1n) is 9.60. The number of nitrogens with one attached hydrogen (secondary N) is 2. The van der Waals surface area contributed by atoms with Crippen molar-refractivity contribution in [3.05, 3.63) is 73.7 Å². The molecule has 0 atom stereocenters. The number of aromatic amines is 1. The van der Waals surface area contributed by atoms with Gasteiger partial charge < -0.3 is 19.5 Å². The lowest BCUT2D eigenvalue weighted by molar-refractivity contribution is -0.0964. The molecule has 0 bridgehead atoms. The standard InChI is InChI=1S/C22H15Cl3F2N2O4/c1-10-14(15-9-13(33-22(25,26)27)2-3-18(15)29-10)4-5-28-20(30)16-7-11-6-12(23)8-17(24)19(11)32-21(16)31/h2-3,6-9,29H,4-5H2,1H3,(H,28,30). The number of aryl methyl sites for hydroxylation is 1. The van der Waals surface area contributed by atoms with Crippen molar-refractivity contribution in [3.8, 4) is 5.75 Å². The van der Waals surface area contributed by atoms with Crippen molar-refractivity contribution in [2.75, 3.05) is 6.54 Å². The molecule has 0 spiro atoms. The van der Waals surface area contributed by atoms with Gasteiger partial charge in [-0.15, -0.1) is 8.78 Å². The fourth-order valence-corrected chi connectivity index (χ4v) is 4.23. The predicted octanol–water partition coefficient (Wildman–Crippen LogP) is 6.03. The molecule has 0 saturated carbocycles. The molecule has 2 heterocycles. The van der Waals surface area contributed by atoms with E-state index >= 15 is 0 Å². The van der Waals surface area contributed by atoms with Crippen LogP contribution >= 0.6 is 34.8 Å². The Kier molecular flexibility index (Phi) is 6.26. The SMILES string of the molecule is Cc1[nH]c2ccc(OC(F)(F)Cl)cc2c1CCNC(=O)c1cc2cc(Cl)cc(Cl)c2oc1=O. The predicted molar refractivity (Wildman–Crippen MR) is 123 cm³/mol. The van der Waals surface area contributed by atoms with Crippen LogP contribution in [0.5, 0.6) is 5.75 Å². The molecule has 0 fully saturated rings. The maximum absolute atomic E-state index is 13.0. The Balaban J connectivity index is 1.53. The van der Waals surface area contributed by atoms with Gasteiger partial charge in [-0.05, 0) is 55.3 Å². The number of halogens is 5. The number of benzene rings is 2. The smallest absolute Gasteiger partial charge is 0.421 e. The summed E-state index contributed by atoms with van der Waals surface area (Å²) in [5.41, 5.74) is -2.43. The van der Waals surface area contributed by atoms with Gasteiger partial charge in [0.05, 0.1) is 5.02 Å². The van der Waals surface area contributed by atoms with E-state index in [2.05, 4.69) is 15.0 Å². The van der Waals surface area contributed by atoms with Crippen LogP contribution in [0.4, 0.5) is 8.78 Å². The van der Waals surface area contributed by atoms with Crippen LogP contribution in [0, 0.1) is 6.92 Å². The number of aromatic nitrogens is 1. The summed E-state index contributed by atoms with van der Waals surface area (Å²) in [5, 5.41) is 4.21. The lowest BCUT2D eigenvalue weighted by Crippen LogP contribution is -2.30. The molecule has 2 N–H and O–H groups in total. The number of ether oxygens (including phenoxy) is 1. The van der Waals surface area contributed by atoms with Gasteiger partial charge in [0.1, 0.15) is 11.3 Å². The first-order valence-corrected chi connectivity index (χ1v) is 10.7. The molecule has 0 radical (unpaired) electrons. The average Bonchev–Trinajstić information content (AvgIpc) is 3.01. The van der Waals surface area contributed by atoms with Crippen molar-refractivity contribution in [3.63, 3.8) is 0 Å². The second kappa shape index (κ2) is 8.85. The largest absolute Gasteiger partial charge is 0.487 e. The molecule has 172 valence electrons. The van der Waals surface area contributed by atoms with Crippen LogP contribution in [-0.4, -0.2) is 23.0 Å². The number of alkyl halides is 3. The zero-order valence-corrected chi connectivity index (χ0v) is 19.2. The van der Waals surface area contributed by atoms with Gasteiger partial charge in [-0.25, -0.2) is 4.79 Å². The normalized spacial score (nSPS) is 11.8. The Morgan fingerprint density at radius 3 is 2.70 bits per heavy atom. The first kappa shape index (κ1) is 23.4. The zero-order valence-electron chi connectivity index (χ0n) is 16.9. The minimum Gasteiger partial charge on any atom is -0.421 e. The molecule has 1 amide bonds. The highest BCUT2D eigenvalue weighted by molar-refractivity contribution is 6.38. The number of hydrogen-bond acceptors (Lipinski definition) is 4. The summed E-state index contributed by atoms with van der Waals surface area (Å²) in [6.07, 6.45) is 0.356. The van der Waals surface area contributed by atoms with E-state index in [0.717, 1.165) is 11.3 Å². The van der Waals surface area contributed by atoms with E-state index in [1.807, 2.05) is 6.92 Å². The third-order valence-corrected chi connectivity index (χ3v) is 5.56. The Labute approximate surface area is 200 Å². The number of amides is 1. The molecule has 33 heavy (non-hydrogen) atoms. The van der Waals surface area contributed by atoms with E-state index in [0.29, 0.717) is 27.7 Å². The number of fused-ring (bicyclic) bond motifs is 2. The van der Waals surface area contributed by atoms with Gasteiger partial charge in [-0.3, -0.25) is 4.79 Å². The second-order valence-electron chi connectivity index (χ2n) is 7.24. The van der Waals surface area contributed by atoms with E-state index in [1.165, 1.54) is 30.3 Å². The molecule has 4 aromatic rings. The lowest BCUT2D eigenvalue weighted by atomic mass is 10.1. The van der Waals surface area contributed by atoms with Crippen molar-refractivity contribution in [1.29, 1.82) is 0 Å². The average molecular weight is 516 g/mol. The highest BCUT2D eigenvalue weighted by atomic mass is 35.5. The van der Waals surface area contributed by atoms with Crippen LogP contribution in [0.2, 0.25) is 10.0 Å². The van der Waals surface area contributed by atoms with Gasteiger partial charge in [-0.1, -0.05) is 23.2 Å². The number of carbonyl (C=O) groups excluding carboxylic acids is 1. The fourth-order valence-electron chi connectivity index (χ4n) is 3.59. The quantitative estimate of drug-likeness (QED) is 0.243. The van der Waals surface area contributed by atoms with Crippen LogP contribution in [0.25, 0.3) is 21.9 Å². The first-order chi connectivity index (χ1) is 15.5. The molecule has 0 saturated heterocycles. The summed E-state index contributed by atoms with van der Waals surface area (Å²) >= 11 is 16.9. The summed E-state index contributed by atoms with van der Waals surface area (Å²) < 4.78 is 35.6. The van der Waals surface area contributed by atoms with E-state index < -0.39 is 17.1 Å². The van der Waals surface area contributed by atoms with Crippen LogP contribution in [0.15, 0.2) is 45.6 Å². The van der Waals surface area contributed by atoms with Crippen LogP contribution in [0.1, 0.15) is 21.6 Å². The third kappa shape index (κ3) is 5.08. The molecule has 0 aliphatic rings. The van der Waals surface area contributed by atoms with Gasteiger partial charge in [0.15, 0.2) is 5.58 Å². The summed E-state index contributed by atoms with van der Waals surface area (Å²) in [6, 6.07) is 8.74. The van der Waals surface area contributed by atoms with Crippen LogP contribution < -0.4 is 15.7 Å². The molecular weight excluding hydrogens is 501 g/mol. The topological polar surface area (TPSA) is 84.3 Å². The van der Waals surface area contributed by atoms with Crippen LogP contribution in [0.3, 0.4) is 0 Å². The summed E-state index contributed by atoms with van der Waals surface area (Å²) in [6.45, 7) is 1.98. The maximum Gasteiger partial charge on any atom is 0.487 e. The molecule has 2 aromatic carbocycles. The number of H-pyrrole nitrogens is 1. The van der Waals surface area contributed by atoms with Crippen molar-refractivity contribution in [1.82, 2.24) is 10.3 Å². The fraction of sp³-hybridized carbons (Fsp3) is 0.182. The van der Waals surface area contributed by atoms with Crippen molar-refractivity contribution >= 4 is 62.6 Å². The van der Waals surface area contributed by atoms with E-state index in [-0.39, 0.29) is 28.5 Å². The van der Waals surface area contributed by atoms with Gasteiger partial charge in [-0.2, -0.15) is 0 Å². The molecule has 0 aliphatic heterocycles. The molecular formula is C22H15Cl3F2N2O4. The highest BCUT2D eigenvalue weighted by Crippen LogP contribution is 2.31. The molecule has 11 heteroatoms. The molecule has 4 rings (SSSR count). The minimum absolute atomic E-state index is 0.0992. The molecule has 2 aromatic heterocycles. The zero-order chi connectivity index (χ0) is 23.9. The van der Waals surface area contributed by atoms with E-state index in [1.54, 1.807) is 6.07 Å². The summed E-state index contributed by atoms with van der Waals surface area (Å²) in [5.74, 6) is -0.733. The van der Waals surface area contributed by atoms with Gasteiger partial charge >= 0.3 is 11.2 Å². The summed E-state index contributed by atoms with van der Waals surface area (Å²) in [4.78, 5) is 28.0. The third-order valence-electron chi connectivity index (χ3n) is 4.98. The van der Waals surface area contributed by atoms with Gasteiger partial charge in [0, 0.05) is 45.2 Å². The minimum atomic E-state index is -3.83. The molecule has 0 aliphatic carbocycles. The Hall–Kier alpha value is -2.81. The Morgan fingerprint density at radius 2 is 1.97 bits per heavy atom. The number of carbonyl (C=O) groups is 1. The van der Waals surface area contributed by atoms with E-state index in [4.69, 9.17) is 39.2 Å². The van der Waals surface area contributed by atoms with Gasteiger partial charge in [0.2, 0.25) is 0 Å². The van der Waals surface area contributed by atoms with Crippen molar-refractivity contribution < 1.29 is 22.7 Å². The monoisotopic (exact) mass is 514 g/mol. The Morgan fingerprint density at radius 1 is 1.21 bits per heavy atom. The second-order valence-corrected chi connectivity index (χ2v) is 8.53. The number of hydrogen-bond donors (Lipinski definition) is 2. The Bertz CT molecular complexity index is 1440. The molecule has 0 unspecified atom stereocenters. The lowest BCUT2D eigenvalue weighted by Gasteiger charge is -2.11. The highest BCUT2D eigenvalue weighted by Gasteiger charge is 2.28. The molecule has 6 nitrogen and oxygen atoms in total. The number of rotatable bonds is 6. The van der Waals surface area contributed by atoms with Gasteiger partial charge in [0.25, 0.3) is 5.91 Å². The van der Waals surface area contributed by atoms with Crippen molar-refractivity contribution in [2.24, 2.45) is 0 Å². The maximum atomic E-state index is 13.0. The van der Waals surface area contributed by atoms with Crippen LogP contribution in [-0.2, 0) is 6.42 Å². The van der Waals surface area contributed by atoms with E-state index in [9.17, 15) is 18.4 Å². The van der Waals surface area contributed by atoms with Crippen molar-refractivity contribution in [2.45, 2.75) is 18.9 Å². The summed E-state index contributed by atoms with van der Waals surface area (Å²) in [7, 11) is 0.